The van der Waals surface area contributed by atoms with Gasteiger partial charge in [-0.15, -0.1) is 0 Å². The third kappa shape index (κ3) is 3.18. The topological polar surface area (TPSA) is 47.0 Å². The molecule has 0 aliphatic heterocycles. The molecule has 1 N–H and O–H groups in total. The fourth-order valence-corrected chi connectivity index (χ4v) is 3.79. The van der Waals surface area contributed by atoms with Crippen LogP contribution < -0.4 is 5.32 Å². The summed E-state index contributed by atoms with van der Waals surface area (Å²) in [6.45, 7) is 1.30. The summed E-state index contributed by atoms with van der Waals surface area (Å²) < 4.78 is 5.08. The van der Waals surface area contributed by atoms with Crippen LogP contribution in [0.4, 0.5) is 5.95 Å². The minimum absolute atomic E-state index is 0.211. The Morgan fingerprint density at radius 1 is 1.12 bits per heavy atom. The maximum absolute atomic E-state index is 6.49. The zero-order valence-electron chi connectivity index (χ0n) is 14.6. The molecule has 1 aromatic heterocycles. The van der Waals surface area contributed by atoms with E-state index in [0.29, 0.717) is 19.1 Å². The molecule has 1 aliphatic rings. The van der Waals surface area contributed by atoms with Gasteiger partial charge in [-0.1, -0.05) is 54.1 Å². The summed E-state index contributed by atoms with van der Waals surface area (Å²) in [5.41, 5.74) is 5.70. The van der Waals surface area contributed by atoms with Gasteiger partial charge < -0.3 is 10.1 Å². The van der Waals surface area contributed by atoms with Gasteiger partial charge in [0.05, 0.1) is 12.3 Å². The SMILES string of the molecule is COCCNc1ncc2c(n1)-c1ccccc1C(c1ccccc1Cl)C2. The number of benzene rings is 2. The lowest BCUT2D eigenvalue weighted by atomic mass is 9.78. The Bertz CT molecular complexity index is 929. The first-order valence-electron chi connectivity index (χ1n) is 8.70. The molecule has 1 heterocycles. The van der Waals surface area contributed by atoms with Gasteiger partial charge in [0.25, 0.3) is 0 Å². The molecule has 0 saturated heterocycles. The molecule has 1 atom stereocenters. The molecular formula is C21H20ClN3O. The molecule has 0 fully saturated rings. The second kappa shape index (κ2) is 7.44. The molecule has 4 rings (SSSR count). The molecule has 0 saturated carbocycles. The fraction of sp³-hybridized carbons (Fsp3) is 0.238. The van der Waals surface area contributed by atoms with Gasteiger partial charge in [0.15, 0.2) is 0 Å². The number of ether oxygens (including phenoxy) is 1. The van der Waals surface area contributed by atoms with E-state index in [4.69, 9.17) is 21.3 Å². The summed E-state index contributed by atoms with van der Waals surface area (Å²) in [6.07, 6.45) is 2.77. The van der Waals surface area contributed by atoms with Crippen molar-refractivity contribution in [2.45, 2.75) is 12.3 Å². The lowest BCUT2D eigenvalue weighted by molar-refractivity contribution is 0.210. The molecule has 0 spiro atoms. The highest BCUT2D eigenvalue weighted by molar-refractivity contribution is 6.31. The lowest BCUT2D eigenvalue weighted by Crippen LogP contribution is -2.16. The summed E-state index contributed by atoms with van der Waals surface area (Å²) in [7, 11) is 1.68. The number of nitrogens with zero attached hydrogens (tertiary/aromatic N) is 2. The zero-order chi connectivity index (χ0) is 17.9. The van der Waals surface area contributed by atoms with E-state index < -0.39 is 0 Å². The average Bonchev–Trinajstić information content (AvgIpc) is 2.68. The quantitative estimate of drug-likeness (QED) is 0.674. The lowest BCUT2D eigenvalue weighted by Gasteiger charge is -2.28. The van der Waals surface area contributed by atoms with Crippen molar-refractivity contribution >= 4 is 17.5 Å². The van der Waals surface area contributed by atoms with E-state index in [-0.39, 0.29) is 5.92 Å². The van der Waals surface area contributed by atoms with Gasteiger partial charge in [-0.2, -0.15) is 0 Å². The van der Waals surface area contributed by atoms with Crippen LogP contribution in [0.3, 0.4) is 0 Å². The van der Waals surface area contributed by atoms with Crippen LogP contribution >= 0.6 is 11.6 Å². The summed E-state index contributed by atoms with van der Waals surface area (Å²) in [4.78, 5) is 9.24. The number of nitrogens with one attached hydrogen (secondary N) is 1. The first-order chi connectivity index (χ1) is 12.8. The second-order valence-electron chi connectivity index (χ2n) is 6.35. The van der Waals surface area contributed by atoms with E-state index in [0.717, 1.165) is 33.8 Å². The minimum Gasteiger partial charge on any atom is -0.383 e. The summed E-state index contributed by atoms with van der Waals surface area (Å²) in [5, 5.41) is 4.01. The molecule has 26 heavy (non-hydrogen) atoms. The molecule has 0 radical (unpaired) electrons. The molecule has 1 aliphatic carbocycles. The first-order valence-corrected chi connectivity index (χ1v) is 9.08. The number of aromatic nitrogens is 2. The van der Waals surface area contributed by atoms with Crippen LogP contribution in [0.2, 0.25) is 5.02 Å². The summed E-state index contributed by atoms with van der Waals surface area (Å²) in [5.74, 6) is 0.843. The van der Waals surface area contributed by atoms with Crippen molar-refractivity contribution in [3.63, 3.8) is 0 Å². The van der Waals surface area contributed by atoms with Gasteiger partial charge in [0.2, 0.25) is 5.95 Å². The number of halogens is 1. The molecule has 2 aromatic carbocycles. The van der Waals surface area contributed by atoms with Crippen molar-refractivity contribution in [2.24, 2.45) is 0 Å². The maximum atomic E-state index is 6.49. The third-order valence-corrected chi connectivity index (χ3v) is 5.09. The van der Waals surface area contributed by atoms with Crippen LogP contribution in [-0.4, -0.2) is 30.2 Å². The van der Waals surface area contributed by atoms with E-state index in [1.165, 1.54) is 5.56 Å². The van der Waals surface area contributed by atoms with Gasteiger partial charge in [0.1, 0.15) is 0 Å². The van der Waals surface area contributed by atoms with Gasteiger partial charge in [-0.3, -0.25) is 0 Å². The second-order valence-corrected chi connectivity index (χ2v) is 6.76. The molecular weight excluding hydrogens is 346 g/mol. The zero-order valence-corrected chi connectivity index (χ0v) is 15.3. The van der Waals surface area contributed by atoms with Crippen molar-refractivity contribution in [3.8, 4) is 11.3 Å². The van der Waals surface area contributed by atoms with Gasteiger partial charge in [-0.25, -0.2) is 9.97 Å². The number of hydrogen-bond donors (Lipinski definition) is 1. The van der Waals surface area contributed by atoms with E-state index in [2.05, 4.69) is 40.6 Å². The van der Waals surface area contributed by atoms with Gasteiger partial charge in [-0.05, 0) is 29.2 Å². The highest BCUT2D eigenvalue weighted by Gasteiger charge is 2.28. The Balaban J connectivity index is 1.75. The number of methoxy groups -OCH3 is 1. The fourth-order valence-electron chi connectivity index (χ4n) is 3.52. The first kappa shape index (κ1) is 17.0. The highest BCUT2D eigenvalue weighted by Crippen LogP contribution is 2.43. The predicted octanol–water partition coefficient (Wildman–Crippen LogP) is 4.54. The van der Waals surface area contributed by atoms with E-state index in [9.17, 15) is 0 Å². The molecule has 132 valence electrons. The average molecular weight is 366 g/mol. The van der Waals surface area contributed by atoms with Gasteiger partial charge >= 0.3 is 0 Å². The van der Waals surface area contributed by atoms with Crippen molar-refractivity contribution in [1.29, 1.82) is 0 Å². The predicted molar refractivity (Wildman–Crippen MR) is 105 cm³/mol. The van der Waals surface area contributed by atoms with Crippen LogP contribution in [0.1, 0.15) is 22.6 Å². The Hall–Kier alpha value is -2.43. The minimum atomic E-state index is 0.211. The molecule has 5 heteroatoms. The number of rotatable bonds is 5. The molecule has 0 bridgehead atoms. The Morgan fingerprint density at radius 3 is 2.69 bits per heavy atom. The summed E-state index contributed by atoms with van der Waals surface area (Å²) in [6, 6.07) is 16.5. The molecule has 1 unspecified atom stereocenters. The van der Waals surface area contributed by atoms with Crippen LogP contribution in [0.5, 0.6) is 0 Å². The largest absolute Gasteiger partial charge is 0.383 e. The maximum Gasteiger partial charge on any atom is 0.223 e. The van der Waals surface area contributed by atoms with Crippen LogP contribution in [0.15, 0.2) is 54.7 Å². The van der Waals surface area contributed by atoms with Crippen LogP contribution in [-0.2, 0) is 11.2 Å². The Labute approximate surface area is 158 Å². The van der Waals surface area contributed by atoms with Crippen molar-refractivity contribution < 1.29 is 4.74 Å². The van der Waals surface area contributed by atoms with Crippen molar-refractivity contribution in [3.05, 3.63) is 76.4 Å². The molecule has 0 amide bonds. The number of anilines is 1. The van der Waals surface area contributed by atoms with Gasteiger partial charge in [0, 0.05) is 36.4 Å². The standard InChI is InChI=1S/C21H20ClN3O/c1-26-11-10-23-21-24-13-14-12-18(16-7-4-5-9-19(16)22)15-6-2-3-8-17(15)20(14)25-21/h2-9,13,18H,10-12H2,1H3,(H,23,24,25). The van der Waals surface area contributed by atoms with E-state index in [1.54, 1.807) is 7.11 Å². The van der Waals surface area contributed by atoms with Crippen molar-refractivity contribution in [1.82, 2.24) is 9.97 Å². The Kier molecular flexibility index (Phi) is 4.87. The Morgan fingerprint density at radius 2 is 1.88 bits per heavy atom. The monoisotopic (exact) mass is 365 g/mol. The van der Waals surface area contributed by atoms with Crippen molar-refractivity contribution in [2.75, 3.05) is 25.6 Å². The van der Waals surface area contributed by atoms with E-state index in [1.807, 2.05) is 24.4 Å². The van der Waals surface area contributed by atoms with E-state index >= 15 is 0 Å². The summed E-state index contributed by atoms with van der Waals surface area (Å²) >= 11 is 6.49. The number of hydrogen-bond acceptors (Lipinski definition) is 4. The van der Waals surface area contributed by atoms with Crippen LogP contribution in [0, 0.1) is 0 Å². The smallest absolute Gasteiger partial charge is 0.223 e. The third-order valence-electron chi connectivity index (χ3n) is 4.75. The highest BCUT2D eigenvalue weighted by atomic mass is 35.5. The molecule has 3 aromatic rings. The molecule has 4 nitrogen and oxygen atoms in total. The normalized spacial score (nSPS) is 15.2. The van der Waals surface area contributed by atoms with Crippen LogP contribution in [0.25, 0.3) is 11.3 Å². The number of fused-ring (bicyclic) bond motifs is 3.